The minimum absolute atomic E-state index is 0.404. The minimum atomic E-state index is -0.404. The summed E-state index contributed by atoms with van der Waals surface area (Å²) in [6.07, 6.45) is 0. The van der Waals surface area contributed by atoms with Gasteiger partial charge < -0.3 is 4.74 Å². The molecule has 0 saturated heterocycles. The predicted molar refractivity (Wildman–Crippen MR) is 92.1 cm³/mol. The molecule has 118 valence electrons. The average Bonchev–Trinajstić information content (AvgIpc) is 3.04. The van der Waals surface area contributed by atoms with E-state index in [0.29, 0.717) is 16.8 Å². The topological polar surface area (TPSA) is 57.0 Å². The largest absolute Gasteiger partial charge is 0.423 e. The third kappa shape index (κ3) is 2.50. The van der Waals surface area contributed by atoms with Gasteiger partial charge in [-0.05, 0) is 48.0 Å². The molecule has 3 aromatic carbocycles. The molecule has 1 heterocycles. The summed E-state index contributed by atoms with van der Waals surface area (Å²) >= 11 is 0. The van der Waals surface area contributed by atoms with Gasteiger partial charge in [-0.3, -0.25) is 0 Å². The summed E-state index contributed by atoms with van der Waals surface area (Å²) in [5.41, 5.74) is 2.04. The standard InChI is InChI=1S/C19H15N3O2/c1-2-22-18-10-8-15(12-17(18)20-21-22)19(23)24-16-9-7-13-5-3-4-6-14(13)11-16/h3-12H,2H2,1H3. The lowest BCUT2D eigenvalue weighted by atomic mass is 10.1. The van der Waals surface area contributed by atoms with E-state index in [1.165, 1.54) is 0 Å². The first kappa shape index (κ1) is 14.4. The Bertz CT molecular complexity index is 1050. The highest BCUT2D eigenvalue weighted by molar-refractivity contribution is 5.95. The molecule has 0 radical (unpaired) electrons. The molecule has 4 aromatic rings. The molecule has 0 atom stereocenters. The van der Waals surface area contributed by atoms with E-state index in [4.69, 9.17) is 4.74 Å². The zero-order valence-corrected chi connectivity index (χ0v) is 13.1. The van der Waals surface area contributed by atoms with Crippen LogP contribution >= 0.6 is 0 Å². The van der Waals surface area contributed by atoms with Gasteiger partial charge in [0.15, 0.2) is 0 Å². The van der Waals surface area contributed by atoms with Gasteiger partial charge in [0.05, 0.1) is 11.1 Å². The van der Waals surface area contributed by atoms with Crippen molar-refractivity contribution < 1.29 is 9.53 Å². The molecule has 1 aromatic heterocycles. The van der Waals surface area contributed by atoms with E-state index in [1.807, 2.05) is 49.4 Å². The van der Waals surface area contributed by atoms with Crippen LogP contribution in [0.2, 0.25) is 0 Å². The lowest BCUT2D eigenvalue weighted by Crippen LogP contribution is -2.08. The molecule has 0 amide bonds. The lowest BCUT2D eigenvalue weighted by Gasteiger charge is -2.06. The van der Waals surface area contributed by atoms with Gasteiger partial charge in [-0.2, -0.15) is 0 Å². The quantitative estimate of drug-likeness (QED) is 0.426. The number of benzene rings is 3. The predicted octanol–water partition coefficient (Wildman–Crippen LogP) is 3.82. The van der Waals surface area contributed by atoms with Crippen LogP contribution in [0.1, 0.15) is 17.3 Å². The molecule has 0 aliphatic heterocycles. The first-order chi connectivity index (χ1) is 11.7. The van der Waals surface area contributed by atoms with Crippen LogP contribution in [0, 0.1) is 0 Å². The van der Waals surface area contributed by atoms with E-state index in [9.17, 15) is 4.79 Å². The van der Waals surface area contributed by atoms with Gasteiger partial charge in [-0.25, -0.2) is 9.48 Å². The van der Waals surface area contributed by atoms with E-state index in [2.05, 4.69) is 10.3 Å². The van der Waals surface area contributed by atoms with Crippen molar-refractivity contribution in [2.45, 2.75) is 13.5 Å². The Kier molecular flexibility index (Phi) is 3.46. The number of aromatic nitrogens is 3. The highest BCUT2D eigenvalue weighted by atomic mass is 16.5. The Labute approximate surface area is 138 Å². The molecule has 0 aliphatic carbocycles. The number of carbonyl (C=O) groups excluding carboxylic acids is 1. The van der Waals surface area contributed by atoms with Crippen molar-refractivity contribution in [3.63, 3.8) is 0 Å². The number of nitrogens with zero attached hydrogens (tertiary/aromatic N) is 3. The fraction of sp³-hybridized carbons (Fsp3) is 0.105. The van der Waals surface area contributed by atoms with E-state index in [-0.39, 0.29) is 0 Å². The second-order valence-corrected chi connectivity index (χ2v) is 5.51. The maximum absolute atomic E-state index is 12.4. The van der Waals surface area contributed by atoms with Gasteiger partial charge in [0.2, 0.25) is 0 Å². The van der Waals surface area contributed by atoms with Gasteiger partial charge in [0, 0.05) is 6.54 Å². The molecule has 0 bridgehead atoms. The van der Waals surface area contributed by atoms with Crippen LogP contribution in [0.15, 0.2) is 60.7 Å². The van der Waals surface area contributed by atoms with E-state index in [1.54, 1.807) is 22.9 Å². The molecular weight excluding hydrogens is 302 g/mol. The third-order valence-electron chi connectivity index (χ3n) is 3.98. The molecule has 5 heteroatoms. The number of esters is 1. The molecule has 0 aliphatic rings. The van der Waals surface area contributed by atoms with Crippen molar-refractivity contribution in [2.24, 2.45) is 0 Å². The number of rotatable bonds is 3. The maximum atomic E-state index is 12.4. The van der Waals surface area contributed by atoms with Crippen molar-refractivity contribution >= 4 is 27.8 Å². The number of aryl methyl sites for hydroxylation is 1. The Morgan fingerprint density at radius 1 is 1.04 bits per heavy atom. The molecule has 24 heavy (non-hydrogen) atoms. The Hall–Kier alpha value is -3.21. The highest BCUT2D eigenvalue weighted by Gasteiger charge is 2.12. The summed E-state index contributed by atoms with van der Waals surface area (Å²) in [5, 5.41) is 10.3. The van der Waals surface area contributed by atoms with Crippen LogP contribution in [0.25, 0.3) is 21.8 Å². The maximum Gasteiger partial charge on any atom is 0.343 e. The van der Waals surface area contributed by atoms with Crippen molar-refractivity contribution in [1.82, 2.24) is 15.0 Å². The van der Waals surface area contributed by atoms with Crippen LogP contribution in [0.5, 0.6) is 5.75 Å². The second kappa shape index (κ2) is 5.77. The number of carbonyl (C=O) groups is 1. The first-order valence-electron chi connectivity index (χ1n) is 7.79. The zero-order chi connectivity index (χ0) is 16.5. The van der Waals surface area contributed by atoms with Gasteiger partial charge in [0.1, 0.15) is 11.3 Å². The number of fused-ring (bicyclic) bond motifs is 2. The Balaban J connectivity index is 1.62. The Morgan fingerprint density at radius 3 is 2.71 bits per heavy atom. The summed E-state index contributed by atoms with van der Waals surface area (Å²) in [6.45, 7) is 2.73. The van der Waals surface area contributed by atoms with E-state index < -0.39 is 5.97 Å². The van der Waals surface area contributed by atoms with Crippen LogP contribution in [-0.2, 0) is 6.54 Å². The van der Waals surface area contributed by atoms with Crippen molar-refractivity contribution in [2.75, 3.05) is 0 Å². The summed E-state index contributed by atoms with van der Waals surface area (Å²) in [5.74, 6) is 0.120. The van der Waals surface area contributed by atoms with Gasteiger partial charge in [-0.1, -0.05) is 35.5 Å². The Morgan fingerprint density at radius 2 is 1.88 bits per heavy atom. The SMILES string of the molecule is CCn1nnc2cc(C(=O)Oc3ccc4ccccc4c3)ccc21. The fourth-order valence-corrected chi connectivity index (χ4v) is 2.73. The summed E-state index contributed by atoms with van der Waals surface area (Å²) in [4.78, 5) is 12.4. The minimum Gasteiger partial charge on any atom is -0.423 e. The highest BCUT2D eigenvalue weighted by Crippen LogP contribution is 2.22. The van der Waals surface area contributed by atoms with Crippen molar-refractivity contribution in [3.05, 3.63) is 66.2 Å². The summed E-state index contributed by atoms with van der Waals surface area (Å²) in [7, 11) is 0. The second-order valence-electron chi connectivity index (χ2n) is 5.51. The average molecular weight is 317 g/mol. The normalized spacial score (nSPS) is 11.0. The van der Waals surface area contributed by atoms with Crippen LogP contribution in [0.3, 0.4) is 0 Å². The molecule has 4 rings (SSSR count). The lowest BCUT2D eigenvalue weighted by molar-refractivity contribution is 0.0735. The summed E-state index contributed by atoms with van der Waals surface area (Å²) in [6, 6.07) is 18.8. The number of hydrogen-bond acceptors (Lipinski definition) is 4. The monoisotopic (exact) mass is 317 g/mol. The molecule has 0 N–H and O–H groups in total. The smallest absolute Gasteiger partial charge is 0.343 e. The molecule has 0 saturated carbocycles. The van der Waals surface area contributed by atoms with Crippen LogP contribution < -0.4 is 4.74 Å². The fourth-order valence-electron chi connectivity index (χ4n) is 2.73. The molecule has 0 fully saturated rings. The molecule has 0 unspecified atom stereocenters. The zero-order valence-electron chi connectivity index (χ0n) is 13.1. The van der Waals surface area contributed by atoms with Crippen molar-refractivity contribution in [1.29, 1.82) is 0 Å². The third-order valence-corrected chi connectivity index (χ3v) is 3.98. The first-order valence-corrected chi connectivity index (χ1v) is 7.79. The molecule has 0 spiro atoms. The van der Waals surface area contributed by atoms with Gasteiger partial charge in [0.25, 0.3) is 0 Å². The molecule has 5 nitrogen and oxygen atoms in total. The van der Waals surface area contributed by atoms with Crippen molar-refractivity contribution in [3.8, 4) is 5.75 Å². The van der Waals surface area contributed by atoms with Crippen LogP contribution in [0.4, 0.5) is 0 Å². The van der Waals surface area contributed by atoms with Gasteiger partial charge >= 0.3 is 5.97 Å². The van der Waals surface area contributed by atoms with Crippen LogP contribution in [-0.4, -0.2) is 21.0 Å². The van der Waals surface area contributed by atoms with E-state index in [0.717, 1.165) is 22.8 Å². The summed E-state index contributed by atoms with van der Waals surface area (Å²) < 4.78 is 7.28. The number of hydrogen-bond donors (Lipinski definition) is 0. The van der Waals surface area contributed by atoms with E-state index >= 15 is 0 Å². The number of ether oxygens (including phenoxy) is 1. The molecular formula is C19H15N3O2. The van der Waals surface area contributed by atoms with Gasteiger partial charge in [-0.15, -0.1) is 5.10 Å².